The Morgan fingerprint density at radius 1 is 0.900 bits per heavy atom. The Bertz CT molecular complexity index is 1060. The molecule has 3 aromatic carbocycles. The quantitative estimate of drug-likeness (QED) is 0.579. The molecule has 0 saturated heterocycles. The molecule has 3 aromatic rings. The van der Waals surface area contributed by atoms with E-state index in [9.17, 15) is 14.4 Å². The molecule has 3 rings (SSSR count). The molecule has 0 aliphatic carbocycles. The molecule has 7 heteroatoms. The highest BCUT2D eigenvalue weighted by atomic mass is 32.2. The Labute approximate surface area is 179 Å². The van der Waals surface area contributed by atoms with Crippen LogP contribution in [0.2, 0.25) is 0 Å². The second-order valence-electron chi connectivity index (χ2n) is 6.90. The summed E-state index contributed by atoms with van der Waals surface area (Å²) in [6.45, 7) is 0.239. The van der Waals surface area contributed by atoms with Crippen molar-refractivity contribution in [3.8, 4) is 0 Å². The Kier molecular flexibility index (Phi) is 7.08. The molecule has 0 aliphatic rings. The molecule has 30 heavy (non-hydrogen) atoms. The lowest BCUT2D eigenvalue weighted by Crippen LogP contribution is -2.27. The number of amides is 3. The number of carbonyl (C=O) groups excluding carboxylic acids is 3. The highest BCUT2D eigenvalue weighted by molar-refractivity contribution is 8.13. The van der Waals surface area contributed by atoms with Gasteiger partial charge in [-0.25, -0.2) is 0 Å². The highest BCUT2D eigenvalue weighted by Gasteiger charge is 2.09. The van der Waals surface area contributed by atoms with Gasteiger partial charge in [-0.3, -0.25) is 14.4 Å². The van der Waals surface area contributed by atoms with Crippen LogP contribution in [0.1, 0.15) is 16.8 Å². The van der Waals surface area contributed by atoms with Gasteiger partial charge in [0.2, 0.25) is 5.91 Å². The normalized spacial score (nSPS) is 10.5. The first-order chi connectivity index (χ1) is 14.4. The Morgan fingerprint density at radius 2 is 1.60 bits per heavy atom. The zero-order valence-electron chi connectivity index (χ0n) is 16.8. The van der Waals surface area contributed by atoms with E-state index in [1.807, 2.05) is 36.4 Å². The second kappa shape index (κ2) is 9.93. The molecule has 0 fully saturated rings. The lowest BCUT2D eigenvalue weighted by atomic mass is 10.1. The lowest BCUT2D eigenvalue weighted by molar-refractivity contribution is -0.116. The zero-order chi connectivity index (χ0) is 21.5. The molecule has 0 unspecified atom stereocenters. The van der Waals surface area contributed by atoms with Gasteiger partial charge in [0.05, 0.1) is 0 Å². The minimum atomic E-state index is -0.208. The van der Waals surface area contributed by atoms with Gasteiger partial charge in [0.25, 0.3) is 11.1 Å². The number of hydrogen-bond acceptors (Lipinski definition) is 4. The molecular formula is C23H23N3O3S. The molecule has 0 saturated carbocycles. The molecule has 0 spiro atoms. The number of fused-ring (bicyclic) bond motifs is 1. The Balaban J connectivity index is 1.46. The fourth-order valence-electron chi connectivity index (χ4n) is 2.74. The zero-order valence-corrected chi connectivity index (χ0v) is 17.7. The van der Waals surface area contributed by atoms with Gasteiger partial charge in [0, 0.05) is 43.2 Å². The summed E-state index contributed by atoms with van der Waals surface area (Å²) in [5.74, 6) is -0.404. The van der Waals surface area contributed by atoms with E-state index in [4.69, 9.17) is 0 Å². The van der Waals surface area contributed by atoms with Gasteiger partial charge in [-0.15, -0.1) is 0 Å². The number of nitrogens with one attached hydrogen (secondary N) is 2. The van der Waals surface area contributed by atoms with Crippen molar-refractivity contribution in [1.82, 2.24) is 10.2 Å². The van der Waals surface area contributed by atoms with Crippen LogP contribution < -0.4 is 10.6 Å². The standard InChI is InChI=1S/C23H23N3O3S/c1-26(2)23(29)30-20-11-9-19(10-12-20)25-21(27)13-14-24-22(28)18-8-7-16-5-3-4-6-17(16)15-18/h3-12,15H,13-14H2,1-2H3,(H,24,28)(H,25,27). The number of thioether (sulfide) groups is 1. The molecule has 6 nitrogen and oxygen atoms in total. The van der Waals surface area contributed by atoms with E-state index in [-0.39, 0.29) is 30.0 Å². The minimum Gasteiger partial charge on any atom is -0.352 e. The van der Waals surface area contributed by atoms with Crippen molar-refractivity contribution in [3.05, 3.63) is 72.3 Å². The van der Waals surface area contributed by atoms with Crippen molar-refractivity contribution in [2.24, 2.45) is 0 Å². The van der Waals surface area contributed by atoms with Gasteiger partial charge in [-0.1, -0.05) is 30.3 Å². The fraction of sp³-hybridized carbons (Fsp3) is 0.174. The number of anilines is 1. The summed E-state index contributed by atoms with van der Waals surface area (Å²) in [5.41, 5.74) is 1.21. The van der Waals surface area contributed by atoms with Crippen molar-refractivity contribution < 1.29 is 14.4 Å². The molecule has 154 valence electrons. The third-order valence-corrected chi connectivity index (χ3v) is 5.41. The predicted molar refractivity (Wildman–Crippen MR) is 121 cm³/mol. The molecule has 0 atom stereocenters. The lowest BCUT2D eigenvalue weighted by Gasteiger charge is -2.10. The largest absolute Gasteiger partial charge is 0.352 e. The summed E-state index contributed by atoms with van der Waals surface area (Å²) < 4.78 is 0. The Morgan fingerprint density at radius 3 is 2.30 bits per heavy atom. The summed E-state index contributed by atoms with van der Waals surface area (Å²) >= 11 is 1.12. The number of hydrogen-bond donors (Lipinski definition) is 2. The van der Waals surface area contributed by atoms with Crippen LogP contribution in [0.5, 0.6) is 0 Å². The van der Waals surface area contributed by atoms with Crippen LogP contribution >= 0.6 is 11.8 Å². The molecule has 2 N–H and O–H groups in total. The van der Waals surface area contributed by atoms with Gasteiger partial charge in [-0.05, 0) is 58.9 Å². The first-order valence-corrected chi connectivity index (χ1v) is 10.3. The predicted octanol–water partition coefficient (Wildman–Crippen LogP) is 4.37. The van der Waals surface area contributed by atoms with Crippen LogP contribution in [0, 0.1) is 0 Å². The van der Waals surface area contributed by atoms with Crippen LogP contribution in [0.25, 0.3) is 10.8 Å². The van der Waals surface area contributed by atoms with Crippen LogP contribution in [0.15, 0.2) is 71.6 Å². The van der Waals surface area contributed by atoms with E-state index in [1.54, 1.807) is 44.4 Å². The maximum atomic E-state index is 12.3. The van der Waals surface area contributed by atoms with E-state index >= 15 is 0 Å². The van der Waals surface area contributed by atoms with Crippen molar-refractivity contribution in [3.63, 3.8) is 0 Å². The third-order valence-electron chi connectivity index (χ3n) is 4.36. The summed E-state index contributed by atoms with van der Waals surface area (Å²) in [6, 6.07) is 20.4. The topological polar surface area (TPSA) is 78.5 Å². The van der Waals surface area contributed by atoms with Crippen molar-refractivity contribution >= 4 is 45.3 Å². The minimum absolute atomic E-state index is 0.0612. The van der Waals surface area contributed by atoms with E-state index in [1.165, 1.54) is 4.90 Å². The first kappa shape index (κ1) is 21.4. The SMILES string of the molecule is CN(C)C(=O)Sc1ccc(NC(=O)CCNC(=O)c2ccc3ccccc3c2)cc1. The maximum absolute atomic E-state index is 12.3. The van der Waals surface area contributed by atoms with Crippen LogP contribution in [-0.4, -0.2) is 42.6 Å². The van der Waals surface area contributed by atoms with Gasteiger partial charge in [0.15, 0.2) is 0 Å². The van der Waals surface area contributed by atoms with Gasteiger partial charge in [-0.2, -0.15) is 0 Å². The van der Waals surface area contributed by atoms with E-state index in [0.717, 1.165) is 27.4 Å². The van der Waals surface area contributed by atoms with E-state index in [2.05, 4.69) is 10.6 Å². The van der Waals surface area contributed by atoms with Crippen LogP contribution in [-0.2, 0) is 4.79 Å². The van der Waals surface area contributed by atoms with E-state index < -0.39 is 0 Å². The van der Waals surface area contributed by atoms with Crippen molar-refractivity contribution in [1.29, 1.82) is 0 Å². The van der Waals surface area contributed by atoms with Gasteiger partial charge >= 0.3 is 0 Å². The highest BCUT2D eigenvalue weighted by Crippen LogP contribution is 2.22. The summed E-state index contributed by atoms with van der Waals surface area (Å²) in [6.07, 6.45) is 0.162. The summed E-state index contributed by atoms with van der Waals surface area (Å²) in [5, 5.41) is 7.57. The molecule has 3 amide bonds. The summed E-state index contributed by atoms with van der Waals surface area (Å²) in [7, 11) is 3.39. The monoisotopic (exact) mass is 421 g/mol. The van der Waals surface area contributed by atoms with Gasteiger partial charge < -0.3 is 15.5 Å². The number of rotatable bonds is 6. The maximum Gasteiger partial charge on any atom is 0.285 e. The molecular weight excluding hydrogens is 398 g/mol. The molecule has 0 bridgehead atoms. The third kappa shape index (κ3) is 5.84. The van der Waals surface area contributed by atoms with Crippen molar-refractivity contribution in [2.45, 2.75) is 11.3 Å². The molecule has 0 aromatic heterocycles. The van der Waals surface area contributed by atoms with E-state index in [0.29, 0.717) is 11.3 Å². The molecule has 0 radical (unpaired) electrons. The van der Waals surface area contributed by atoms with Gasteiger partial charge in [0.1, 0.15) is 0 Å². The molecule has 0 heterocycles. The number of nitrogens with zero attached hydrogens (tertiary/aromatic N) is 1. The number of carbonyl (C=O) groups is 3. The first-order valence-electron chi connectivity index (χ1n) is 9.48. The molecule has 0 aliphatic heterocycles. The van der Waals surface area contributed by atoms with Crippen LogP contribution in [0.4, 0.5) is 10.5 Å². The van der Waals surface area contributed by atoms with Crippen molar-refractivity contribution in [2.75, 3.05) is 26.0 Å². The van der Waals surface area contributed by atoms with Crippen LogP contribution in [0.3, 0.4) is 0 Å². The average molecular weight is 422 g/mol. The number of benzene rings is 3. The average Bonchev–Trinajstić information content (AvgIpc) is 2.74. The Hall–Kier alpha value is -3.32. The second-order valence-corrected chi connectivity index (χ2v) is 7.93. The smallest absolute Gasteiger partial charge is 0.285 e. The summed E-state index contributed by atoms with van der Waals surface area (Å²) in [4.78, 5) is 38.5. The fourth-order valence-corrected chi connectivity index (χ4v) is 3.40.